The highest BCUT2D eigenvalue weighted by Gasteiger charge is 2.35. The lowest BCUT2D eigenvalue weighted by atomic mass is 10.2. The van der Waals surface area contributed by atoms with Crippen molar-refractivity contribution in [3.8, 4) is 5.75 Å². The van der Waals surface area contributed by atoms with Crippen LogP contribution in [0.2, 0.25) is 5.02 Å². The van der Waals surface area contributed by atoms with Crippen LogP contribution in [0.1, 0.15) is 16.7 Å². The second-order valence-corrected chi connectivity index (χ2v) is 9.13. The molecule has 35 heavy (non-hydrogen) atoms. The number of carbonyl (C=O) groups excluding carboxylic acids is 3. The molecule has 1 fully saturated rings. The topological polar surface area (TPSA) is 75.7 Å². The first-order valence-electron chi connectivity index (χ1n) is 10.6. The Hall–Kier alpha value is -3.62. The van der Waals surface area contributed by atoms with Crippen molar-refractivity contribution in [2.75, 3.05) is 11.9 Å². The summed E-state index contributed by atoms with van der Waals surface area (Å²) in [5.41, 5.74) is 2.76. The van der Waals surface area contributed by atoms with Gasteiger partial charge in [-0.05, 0) is 71.8 Å². The van der Waals surface area contributed by atoms with Gasteiger partial charge in [0.15, 0.2) is 6.61 Å². The van der Waals surface area contributed by atoms with E-state index in [0.717, 1.165) is 28.3 Å². The first-order valence-corrected chi connectivity index (χ1v) is 11.8. The van der Waals surface area contributed by atoms with Crippen molar-refractivity contribution in [1.82, 2.24) is 4.90 Å². The number of rotatable bonds is 7. The Morgan fingerprint density at radius 3 is 2.69 bits per heavy atom. The maximum absolute atomic E-state index is 13.3. The number of benzene rings is 3. The van der Waals surface area contributed by atoms with E-state index in [-0.39, 0.29) is 29.0 Å². The zero-order valence-corrected chi connectivity index (χ0v) is 20.2. The van der Waals surface area contributed by atoms with Gasteiger partial charge in [0, 0.05) is 10.7 Å². The van der Waals surface area contributed by atoms with Gasteiger partial charge in [-0.25, -0.2) is 4.39 Å². The summed E-state index contributed by atoms with van der Waals surface area (Å²) in [4.78, 5) is 38.8. The normalized spacial score (nSPS) is 14.5. The van der Waals surface area contributed by atoms with Crippen molar-refractivity contribution < 1.29 is 23.5 Å². The van der Waals surface area contributed by atoms with E-state index < -0.39 is 17.0 Å². The van der Waals surface area contributed by atoms with Crippen LogP contribution in [0.5, 0.6) is 5.75 Å². The summed E-state index contributed by atoms with van der Waals surface area (Å²) in [6.45, 7) is 1.66. The van der Waals surface area contributed by atoms with Crippen LogP contribution in [0.15, 0.2) is 71.6 Å². The van der Waals surface area contributed by atoms with Crippen molar-refractivity contribution in [3.63, 3.8) is 0 Å². The highest BCUT2D eigenvalue weighted by molar-refractivity contribution is 8.18. The van der Waals surface area contributed by atoms with Gasteiger partial charge in [0.1, 0.15) is 11.6 Å². The monoisotopic (exact) mass is 510 g/mol. The van der Waals surface area contributed by atoms with Crippen molar-refractivity contribution in [2.45, 2.75) is 13.5 Å². The van der Waals surface area contributed by atoms with Crippen LogP contribution < -0.4 is 10.1 Å². The Bertz CT molecular complexity index is 1340. The number of hydrogen-bond donors (Lipinski definition) is 1. The molecular formula is C26H20ClFN2O4S. The minimum absolute atomic E-state index is 0.0553. The highest BCUT2D eigenvalue weighted by Crippen LogP contribution is 2.34. The van der Waals surface area contributed by atoms with E-state index in [4.69, 9.17) is 16.3 Å². The highest BCUT2D eigenvalue weighted by atomic mass is 35.5. The molecular weight excluding hydrogens is 491 g/mol. The third-order valence-electron chi connectivity index (χ3n) is 5.16. The molecule has 3 aromatic carbocycles. The average molecular weight is 511 g/mol. The number of amides is 3. The van der Waals surface area contributed by atoms with E-state index in [0.29, 0.717) is 22.6 Å². The number of aryl methyl sites for hydroxylation is 1. The van der Waals surface area contributed by atoms with Gasteiger partial charge in [0.25, 0.3) is 17.1 Å². The molecule has 178 valence electrons. The van der Waals surface area contributed by atoms with Gasteiger partial charge in [0.05, 0.1) is 11.4 Å². The molecule has 6 nitrogen and oxygen atoms in total. The Labute approximate surface area is 210 Å². The number of carbonyl (C=O) groups is 3. The number of nitrogens with zero attached hydrogens (tertiary/aromatic N) is 1. The minimum Gasteiger partial charge on any atom is -0.484 e. The number of halogens is 2. The number of nitrogens with one attached hydrogen (secondary N) is 1. The van der Waals surface area contributed by atoms with Crippen LogP contribution in [0.25, 0.3) is 6.08 Å². The Morgan fingerprint density at radius 2 is 1.91 bits per heavy atom. The number of anilines is 1. The summed E-state index contributed by atoms with van der Waals surface area (Å²) in [6.07, 6.45) is 1.58. The molecule has 0 unspecified atom stereocenters. The van der Waals surface area contributed by atoms with Crippen molar-refractivity contribution in [3.05, 3.63) is 99.2 Å². The molecule has 0 aromatic heterocycles. The van der Waals surface area contributed by atoms with Crippen LogP contribution >= 0.6 is 23.4 Å². The van der Waals surface area contributed by atoms with Gasteiger partial charge in [-0.2, -0.15) is 0 Å². The lowest BCUT2D eigenvalue weighted by molar-refractivity contribution is -0.123. The van der Waals surface area contributed by atoms with Gasteiger partial charge in [-0.15, -0.1) is 0 Å². The lowest BCUT2D eigenvalue weighted by Crippen LogP contribution is -2.27. The summed E-state index contributed by atoms with van der Waals surface area (Å²) >= 11 is 6.85. The van der Waals surface area contributed by atoms with Gasteiger partial charge < -0.3 is 10.1 Å². The zero-order chi connectivity index (χ0) is 24.9. The second-order valence-electron chi connectivity index (χ2n) is 7.73. The standard InChI is InChI=1S/C26H20ClFN2O4S/c1-16-5-2-3-8-22(16)29-24(31)15-34-20-7-4-6-17(11-20)12-23-25(32)30(26(33)35-23)14-18-9-10-19(28)13-21(18)27/h2-13H,14-15H2,1H3,(H,29,31)/b23-12-. The fourth-order valence-electron chi connectivity index (χ4n) is 3.35. The number of hydrogen-bond acceptors (Lipinski definition) is 5. The fraction of sp³-hybridized carbons (Fsp3) is 0.115. The van der Waals surface area contributed by atoms with Crippen LogP contribution in [0, 0.1) is 12.7 Å². The summed E-state index contributed by atoms with van der Waals surface area (Å²) in [5, 5.41) is 2.50. The molecule has 3 aromatic rings. The number of ether oxygens (including phenoxy) is 1. The number of para-hydroxylation sites is 1. The molecule has 0 radical (unpaired) electrons. The molecule has 0 atom stereocenters. The van der Waals surface area contributed by atoms with Gasteiger partial charge in [-0.1, -0.05) is 48.0 Å². The predicted octanol–water partition coefficient (Wildman–Crippen LogP) is 6.04. The van der Waals surface area contributed by atoms with Crippen LogP contribution in [-0.2, 0) is 16.1 Å². The van der Waals surface area contributed by atoms with Crippen molar-refractivity contribution >= 4 is 52.2 Å². The van der Waals surface area contributed by atoms with E-state index in [9.17, 15) is 18.8 Å². The third kappa shape index (κ3) is 6.09. The summed E-state index contributed by atoms with van der Waals surface area (Å²) < 4.78 is 18.9. The molecule has 0 aliphatic carbocycles. The maximum atomic E-state index is 13.3. The zero-order valence-electron chi connectivity index (χ0n) is 18.6. The first kappa shape index (κ1) is 24.5. The lowest BCUT2D eigenvalue weighted by Gasteiger charge is -2.13. The minimum atomic E-state index is -0.498. The molecule has 0 spiro atoms. The molecule has 1 N–H and O–H groups in total. The number of thioether (sulfide) groups is 1. The molecule has 1 saturated heterocycles. The quantitative estimate of drug-likeness (QED) is 0.392. The van der Waals surface area contributed by atoms with Crippen LogP contribution in [0.4, 0.5) is 14.9 Å². The van der Waals surface area contributed by atoms with E-state index in [2.05, 4.69) is 5.32 Å². The summed E-state index contributed by atoms with van der Waals surface area (Å²) in [7, 11) is 0. The third-order valence-corrected chi connectivity index (χ3v) is 6.42. The van der Waals surface area contributed by atoms with E-state index in [1.807, 2.05) is 31.2 Å². The average Bonchev–Trinajstić information content (AvgIpc) is 3.08. The predicted molar refractivity (Wildman–Crippen MR) is 135 cm³/mol. The summed E-state index contributed by atoms with van der Waals surface area (Å²) in [6, 6.07) is 18.1. The SMILES string of the molecule is Cc1ccccc1NC(=O)COc1cccc(/C=C2\SC(=O)N(Cc3ccc(F)cc3Cl)C2=O)c1. The molecule has 9 heteroatoms. The van der Waals surface area contributed by atoms with Crippen LogP contribution in [0.3, 0.4) is 0 Å². The van der Waals surface area contributed by atoms with Crippen molar-refractivity contribution in [2.24, 2.45) is 0 Å². The smallest absolute Gasteiger partial charge is 0.293 e. The van der Waals surface area contributed by atoms with Gasteiger partial charge in [0.2, 0.25) is 0 Å². The summed E-state index contributed by atoms with van der Waals surface area (Å²) in [5.74, 6) is -0.826. The Balaban J connectivity index is 1.40. The molecule has 3 amide bonds. The number of imide groups is 1. The first-order chi connectivity index (χ1) is 16.8. The van der Waals surface area contributed by atoms with Gasteiger partial charge >= 0.3 is 0 Å². The van der Waals surface area contributed by atoms with E-state index in [1.165, 1.54) is 12.1 Å². The second kappa shape index (κ2) is 10.8. The van der Waals surface area contributed by atoms with Gasteiger partial charge in [-0.3, -0.25) is 19.3 Å². The molecule has 1 aliphatic heterocycles. The molecule has 0 saturated carbocycles. The molecule has 1 heterocycles. The van der Waals surface area contributed by atoms with Crippen LogP contribution in [-0.4, -0.2) is 28.6 Å². The Morgan fingerprint density at radius 1 is 1.11 bits per heavy atom. The maximum Gasteiger partial charge on any atom is 0.293 e. The van der Waals surface area contributed by atoms with Crippen molar-refractivity contribution in [1.29, 1.82) is 0 Å². The largest absolute Gasteiger partial charge is 0.484 e. The van der Waals surface area contributed by atoms with E-state index >= 15 is 0 Å². The molecule has 4 rings (SSSR count). The van der Waals surface area contributed by atoms with E-state index in [1.54, 1.807) is 30.3 Å². The fourth-order valence-corrected chi connectivity index (χ4v) is 4.42. The Kier molecular flexibility index (Phi) is 7.53. The molecule has 1 aliphatic rings. The molecule has 0 bridgehead atoms.